The summed E-state index contributed by atoms with van der Waals surface area (Å²) in [5, 5.41) is 0. The molecule has 0 bridgehead atoms. The molecular formula is C19H22O3. The molecule has 22 heavy (non-hydrogen) atoms. The van der Waals surface area contributed by atoms with Crippen molar-refractivity contribution in [3.63, 3.8) is 0 Å². The van der Waals surface area contributed by atoms with E-state index in [9.17, 15) is 9.59 Å². The molecular weight excluding hydrogens is 276 g/mol. The van der Waals surface area contributed by atoms with Gasteiger partial charge in [-0.2, -0.15) is 0 Å². The molecule has 1 aliphatic carbocycles. The molecule has 1 aromatic rings. The van der Waals surface area contributed by atoms with Crippen molar-refractivity contribution in [2.24, 2.45) is 0 Å². The highest BCUT2D eigenvalue weighted by molar-refractivity contribution is 6.15. The van der Waals surface area contributed by atoms with E-state index in [0.29, 0.717) is 6.42 Å². The third kappa shape index (κ3) is 2.29. The summed E-state index contributed by atoms with van der Waals surface area (Å²) in [4.78, 5) is 23.7. The van der Waals surface area contributed by atoms with Gasteiger partial charge in [-0.25, -0.2) is 0 Å². The predicted molar refractivity (Wildman–Crippen MR) is 86.3 cm³/mol. The summed E-state index contributed by atoms with van der Waals surface area (Å²) in [6.07, 6.45) is 2.85. The summed E-state index contributed by atoms with van der Waals surface area (Å²) < 4.78 is 6.20. The molecule has 1 heterocycles. The number of carbonyl (C=O) groups is 2. The number of hydrogen-bond acceptors (Lipinski definition) is 3. The predicted octanol–water partition coefficient (Wildman–Crippen LogP) is 3.64. The van der Waals surface area contributed by atoms with Gasteiger partial charge in [0.25, 0.3) is 0 Å². The summed E-state index contributed by atoms with van der Waals surface area (Å²) in [5.41, 5.74) is 6.35. The van der Waals surface area contributed by atoms with Crippen LogP contribution in [0.4, 0.5) is 0 Å². The first-order chi connectivity index (χ1) is 10.2. The average Bonchev–Trinajstić information content (AvgIpc) is 2.71. The Morgan fingerprint density at radius 2 is 1.68 bits per heavy atom. The molecule has 3 rings (SSSR count). The van der Waals surface area contributed by atoms with E-state index in [1.807, 2.05) is 0 Å². The molecule has 0 spiro atoms. The molecule has 0 radical (unpaired) electrons. The van der Waals surface area contributed by atoms with Crippen molar-refractivity contribution in [3.05, 3.63) is 33.9 Å². The minimum atomic E-state index is -0.245. The number of ether oxygens (including phenoxy) is 1. The van der Waals surface area contributed by atoms with Gasteiger partial charge >= 0.3 is 0 Å². The Kier molecular flexibility index (Phi) is 3.28. The van der Waals surface area contributed by atoms with Crippen LogP contribution in [0.15, 0.2) is 6.08 Å². The van der Waals surface area contributed by atoms with Gasteiger partial charge in [-0.05, 0) is 63.0 Å². The van der Waals surface area contributed by atoms with Gasteiger partial charge in [-0.1, -0.05) is 0 Å². The fourth-order valence-electron chi connectivity index (χ4n) is 3.56. The first-order valence-corrected chi connectivity index (χ1v) is 7.77. The van der Waals surface area contributed by atoms with E-state index in [4.69, 9.17) is 4.74 Å². The number of carbonyl (C=O) groups excluding carboxylic acids is 2. The third-order valence-electron chi connectivity index (χ3n) is 4.85. The highest BCUT2D eigenvalue weighted by Crippen LogP contribution is 2.46. The van der Waals surface area contributed by atoms with E-state index < -0.39 is 0 Å². The largest absolute Gasteiger partial charge is 0.487 e. The number of benzene rings is 1. The van der Waals surface area contributed by atoms with E-state index in [2.05, 4.69) is 34.6 Å². The maximum absolute atomic E-state index is 11.8. The molecule has 0 amide bonds. The second-order valence-electron chi connectivity index (χ2n) is 7.12. The van der Waals surface area contributed by atoms with E-state index in [1.165, 1.54) is 16.7 Å². The van der Waals surface area contributed by atoms with Crippen molar-refractivity contribution in [1.82, 2.24) is 0 Å². The minimum Gasteiger partial charge on any atom is -0.487 e. The fourth-order valence-corrected chi connectivity index (χ4v) is 3.56. The molecule has 116 valence electrons. The molecule has 3 heteroatoms. The summed E-state index contributed by atoms with van der Waals surface area (Å²) in [6, 6.07) is 0. The van der Waals surface area contributed by atoms with E-state index >= 15 is 0 Å². The Hall–Kier alpha value is -1.90. The lowest BCUT2D eigenvalue weighted by Gasteiger charge is -2.22. The summed E-state index contributed by atoms with van der Waals surface area (Å²) in [7, 11) is 0. The van der Waals surface area contributed by atoms with Gasteiger partial charge in [0.2, 0.25) is 0 Å². The normalized spacial score (nSPS) is 19.8. The molecule has 0 atom stereocenters. The molecule has 0 saturated carbocycles. The molecule has 0 unspecified atom stereocenters. The van der Waals surface area contributed by atoms with Gasteiger partial charge in [-0.15, -0.1) is 0 Å². The van der Waals surface area contributed by atoms with Crippen molar-refractivity contribution in [2.45, 2.75) is 59.5 Å². The van der Waals surface area contributed by atoms with Crippen LogP contribution in [-0.2, 0) is 16.0 Å². The Bertz CT molecular complexity index is 736. The van der Waals surface area contributed by atoms with Crippen molar-refractivity contribution >= 4 is 17.1 Å². The van der Waals surface area contributed by atoms with Crippen molar-refractivity contribution in [1.29, 1.82) is 0 Å². The number of rotatable bonds is 1. The highest BCUT2D eigenvalue weighted by Gasteiger charge is 2.36. The van der Waals surface area contributed by atoms with Crippen LogP contribution in [0.25, 0.3) is 5.57 Å². The maximum atomic E-state index is 11.8. The molecule has 2 aliphatic rings. The van der Waals surface area contributed by atoms with Gasteiger partial charge in [0.05, 0.1) is 6.42 Å². The smallest absolute Gasteiger partial charge is 0.163 e. The van der Waals surface area contributed by atoms with Crippen LogP contribution in [0.1, 0.15) is 54.5 Å². The standard InChI is InChI=1S/C19H22O3/c1-10-11(2)16-9-19(4,5)22-18(16)17(12(10)3)13-6-14(20)8-15(21)7-13/h6H,7-9H2,1-5H3. The lowest BCUT2D eigenvalue weighted by Crippen LogP contribution is -2.25. The van der Waals surface area contributed by atoms with E-state index in [1.54, 1.807) is 6.08 Å². The van der Waals surface area contributed by atoms with Crippen LogP contribution < -0.4 is 4.74 Å². The number of allylic oxidation sites excluding steroid dienone is 2. The molecule has 0 N–H and O–H groups in total. The maximum Gasteiger partial charge on any atom is 0.163 e. The van der Waals surface area contributed by atoms with Gasteiger partial charge in [-0.3, -0.25) is 9.59 Å². The topological polar surface area (TPSA) is 43.4 Å². The fraction of sp³-hybridized carbons (Fsp3) is 0.474. The number of Topliss-reactive ketones (excluding diaryl/α,β-unsaturated/α-hetero) is 1. The van der Waals surface area contributed by atoms with Gasteiger partial charge in [0.1, 0.15) is 17.1 Å². The lowest BCUT2D eigenvalue weighted by molar-refractivity contribution is -0.124. The molecule has 0 aromatic heterocycles. The van der Waals surface area contributed by atoms with Crippen molar-refractivity contribution < 1.29 is 14.3 Å². The van der Waals surface area contributed by atoms with Crippen LogP contribution >= 0.6 is 0 Å². The highest BCUT2D eigenvalue weighted by atomic mass is 16.5. The quantitative estimate of drug-likeness (QED) is 0.743. The molecule has 3 nitrogen and oxygen atoms in total. The summed E-state index contributed by atoms with van der Waals surface area (Å²) >= 11 is 0. The van der Waals surface area contributed by atoms with Crippen LogP contribution in [0.5, 0.6) is 5.75 Å². The summed E-state index contributed by atoms with van der Waals surface area (Å²) in [6.45, 7) is 10.4. The molecule has 0 saturated heterocycles. The Morgan fingerprint density at radius 1 is 1.00 bits per heavy atom. The van der Waals surface area contributed by atoms with Crippen LogP contribution in [0.3, 0.4) is 0 Å². The van der Waals surface area contributed by atoms with Crippen molar-refractivity contribution in [3.8, 4) is 5.75 Å². The minimum absolute atomic E-state index is 0.00821. The van der Waals surface area contributed by atoms with Gasteiger partial charge in [0, 0.05) is 24.0 Å². The average molecular weight is 298 g/mol. The first kappa shape index (κ1) is 15.0. The van der Waals surface area contributed by atoms with Crippen LogP contribution in [-0.4, -0.2) is 17.2 Å². The zero-order chi connectivity index (χ0) is 16.2. The van der Waals surface area contributed by atoms with E-state index in [0.717, 1.165) is 28.9 Å². The second-order valence-corrected chi connectivity index (χ2v) is 7.12. The number of ketones is 2. The first-order valence-electron chi connectivity index (χ1n) is 7.77. The van der Waals surface area contributed by atoms with Gasteiger partial charge in [0.15, 0.2) is 5.78 Å². The molecule has 0 fully saturated rings. The Balaban J connectivity index is 2.26. The van der Waals surface area contributed by atoms with Crippen molar-refractivity contribution in [2.75, 3.05) is 0 Å². The zero-order valence-electron chi connectivity index (χ0n) is 13.9. The molecule has 1 aromatic carbocycles. The van der Waals surface area contributed by atoms with Crippen LogP contribution in [0, 0.1) is 20.8 Å². The monoisotopic (exact) mass is 298 g/mol. The third-order valence-corrected chi connectivity index (χ3v) is 4.85. The SMILES string of the molecule is Cc1c(C)c2c(c(C3=CC(=O)CC(=O)C3)c1C)OC(C)(C)C2. The zero-order valence-corrected chi connectivity index (χ0v) is 13.9. The Morgan fingerprint density at radius 3 is 2.32 bits per heavy atom. The Labute approximate surface area is 131 Å². The van der Waals surface area contributed by atoms with Crippen LogP contribution in [0.2, 0.25) is 0 Å². The lowest BCUT2D eigenvalue weighted by atomic mass is 9.84. The molecule has 1 aliphatic heterocycles. The number of hydrogen-bond donors (Lipinski definition) is 0. The van der Waals surface area contributed by atoms with Gasteiger partial charge < -0.3 is 4.74 Å². The summed E-state index contributed by atoms with van der Waals surface area (Å²) in [5.74, 6) is 0.764. The second kappa shape index (κ2) is 4.80. The van der Waals surface area contributed by atoms with E-state index in [-0.39, 0.29) is 23.6 Å². The number of fused-ring (bicyclic) bond motifs is 1.